The van der Waals surface area contributed by atoms with E-state index in [9.17, 15) is 8.78 Å². The van der Waals surface area contributed by atoms with E-state index < -0.39 is 17.7 Å². The molecule has 1 unspecified atom stereocenters. The summed E-state index contributed by atoms with van der Waals surface area (Å²) in [6, 6.07) is 1.77. The molecule has 1 aromatic carbocycles. The average Bonchev–Trinajstić information content (AvgIpc) is 2.70. The smallest absolute Gasteiger partial charge is 0.145 e. The minimum atomic E-state index is -0.779. The molecule has 0 saturated carbocycles. The summed E-state index contributed by atoms with van der Waals surface area (Å²) in [5, 5.41) is 3.72. The molecule has 0 aliphatic heterocycles. The van der Waals surface area contributed by atoms with E-state index in [0.29, 0.717) is 0 Å². The Bertz CT molecular complexity index is 553. The summed E-state index contributed by atoms with van der Waals surface area (Å²) in [4.78, 5) is 0. The molecule has 0 radical (unpaired) electrons. The lowest BCUT2D eigenvalue weighted by Crippen LogP contribution is -2.16. The Morgan fingerprint density at radius 2 is 2.00 bits per heavy atom. The third kappa shape index (κ3) is 2.27. The molecule has 1 nitrogen and oxygen atoms in total. The maximum absolute atomic E-state index is 13.9. The Morgan fingerprint density at radius 1 is 1.29 bits per heavy atom. The van der Waals surface area contributed by atoms with Crippen molar-refractivity contribution in [1.82, 2.24) is 0 Å². The number of hydrogen-bond acceptors (Lipinski definition) is 2. The molecule has 5 heteroatoms. The van der Waals surface area contributed by atoms with Gasteiger partial charge in [0.25, 0.3) is 0 Å². The summed E-state index contributed by atoms with van der Waals surface area (Å²) in [5.74, 6) is -1.26. The van der Waals surface area contributed by atoms with Gasteiger partial charge >= 0.3 is 0 Å². The van der Waals surface area contributed by atoms with Gasteiger partial charge in [-0.25, -0.2) is 8.78 Å². The summed E-state index contributed by atoms with van der Waals surface area (Å²) in [5.41, 5.74) is 7.54. The van der Waals surface area contributed by atoms with E-state index in [0.717, 1.165) is 11.1 Å². The van der Waals surface area contributed by atoms with Gasteiger partial charge in [-0.1, -0.05) is 0 Å². The van der Waals surface area contributed by atoms with Crippen LogP contribution in [0.15, 0.2) is 27.4 Å². The highest BCUT2D eigenvalue weighted by Crippen LogP contribution is 2.31. The van der Waals surface area contributed by atoms with Crippen LogP contribution in [0.1, 0.15) is 22.7 Å². The van der Waals surface area contributed by atoms with Crippen LogP contribution in [0.4, 0.5) is 8.78 Å². The first-order valence-corrected chi connectivity index (χ1v) is 6.67. The van der Waals surface area contributed by atoms with Gasteiger partial charge in [0.05, 0.1) is 10.5 Å². The minimum absolute atomic E-state index is 0.0964. The predicted molar refractivity (Wildman–Crippen MR) is 69.1 cm³/mol. The van der Waals surface area contributed by atoms with Crippen molar-refractivity contribution in [2.75, 3.05) is 0 Å². The number of halogens is 3. The van der Waals surface area contributed by atoms with Crippen molar-refractivity contribution in [3.63, 3.8) is 0 Å². The highest BCUT2D eigenvalue weighted by molar-refractivity contribution is 9.10. The van der Waals surface area contributed by atoms with Crippen molar-refractivity contribution in [3.05, 3.63) is 55.7 Å². The number of thiophene rings is 1. The van der Waals surface area contributed by atoms with Crippen LogP contribution in [0, 0.1) is 18.6 Å². The lowest BCUT2D eigenvalue weighted by Gasteiger charge is -2.14. The van der Waals surface area contributed by atoms with Gasteiger partial charge in [0.15, 0.2) is 0 Å². The third-order valence-electron chi connectivity index (χ3n) is 2.62. The van der Waals surface area contributed by atoms with Crippen LogP contribution in [0.5, 0.6) is 0 Å². The molecule has 0 aliphatic carbocycles. The lowest BCUT2D eigenvalue weighted by molar-refractivity contribution is 0.539. The maximum atomic E-state index is 13.9. The molecular weight excluding hydrogens is 308 g/mol. The van der Waals surface area contributed by atoms with E-state index in [1.165, 1.54) is 23.5 Å². The maximum Gasteiger partial charge on any atom is 0.145 e. The summed E-state index contributed by atoms with van der Waals surface area (Å²) < 4.78 is 27.8. The average molecular weight is 318 g/mol. The first-order valence-electron chi connectivity index (χ1n) is 4.94. The van der Waals surface area contributed by atoms with Crippen molar-refractivity contribution in [2.24, 2.45) is 5.73 Å². The van der Waals surface area contributed by atoms with Gasteiger partial charge in [-0.05, 0) is 56.9 Å². The number of aryl methyl sites for hydroxylation is 1. The van der Waals surface area contributed by atoms with Crippen molar-refractivity contribution in [2.45, 2.75) is 13.0 Å². The molecule has 0 spiro atoms. The molecule has 1 heterocycles. The zero-order valence-electron chi connectivity index (χ0n) is 9.01. The second-order valence-corrected chi connectivity index (χ2v) is 5.34. The standard InChI is InChI=1S/C12H10BrF2NS/c1-6-4-17-5-7(6)12(16)10-9(14)3-2-8(13)11(10)15/h2-5,12H,16H2,1H3. The van der Waals surface area contributed by atoms with E-state index >= 15 is 0 Å². The van der Waals surface area contributed by atoms with E-state index in [4.69, 9.17) is 5.73 Å². The Hall–Kier alpha value is -0.780. The monoisotopic (exact) mass is 317 g/mol. The van der Waals surface area contributed by atoms with Crippen LogP contribution in [0.25, 0.3) is 0 Å². The van der Waals surface area contributed by atoms with Crippen molar-refractivity contribution in [1.29, 1.82) is 0 Å². The molecule has 0 aliphatic rings. The normalized spacial score (nSPS) is 12.8. The van der Waals surface area contributed by atoms with Crippen molar-refractivity contribution < 1.29 is 8.78 Å². The molecule has 2 N–H and O–H groups in total. The van der Waals surface area contributed by atoms with Crippen LogP contribution in [0.3, 0.4) is 0 Å². The molecule has 17 heavy (non-hydrogen) atoms. The van der Waals surface area contributed by atoms with Crippen molar-refractivity contribution >= 4 is 27.3 Å². The number of benzene rings is 1. The molecular formula is C12H10BrF2NS. The Balaban J connectivity index is 2.55. The van der Waals surface area contributed by atoms with E-state index in [1.54, 1.807) is 0 Å². The molecule has 0 saturated heterocycles. The van der Waals surface area contributed by atoms with Gasteiger partial charge in [-0.2, -0.15) is 11.3 Å². The Kier molecular flexibility index (Phi) is 3.61. The molecule has 90 valence electrons. The van der Waals surface area contributed by atoms with E-state index in [2.05, 4.69) is 15.9 Å². The van der Waals surface area contributed by atoms with Crippen LogP contribution in [0.2, 0.25) is 0 Å². The Labute approximate surface area is 110 Å². The van der Waals surface area contributed by atoms with Crippen LogP contribution >= 0.6 is 27.3 Å². The molecule has 1 aromatic heterocycles. The summed E-state index contributed by atoms with van der Waals surface area (Å²) in [6.45, 7) is 1.87. The van der Waals surface area contributed by atoms with Crippen LogP contribution in [-0.4, -0.2) is 0 Å². The lowest BCUT2D eigenvalue weighted by atomic mass is 9.98. The molecule has 1 atom stereocenters. The molecule has 2 aromatic rings. The highest BCUT2D eigenvalue weighted by Gasteiger charge is 2.21. The molecule has 0 amide bonds. The van der Waals surface area contributed by atoms with E-state index in [-0.39, 0.29) is 10.0 Å². The predicted octanol–water partition coefficient (Wildman–Crippen LogP) is 4.15. The summed E-state index contributed by atoms with van der Waals surface area (Å²) in [7, 11) is 0. The van der Waals surface area contributed by atoms with Crippen LogP contribution in [-0.2, 0) is 0 Å². The SMILES string of the molecule is Cc1cscc1C(N)c1c(F)ccc(Br)c1F. The van der Waals surface area contributed by atoms with Gasteiger partial charge in [-0.15, -0.1) is 0 Å². The van der Waals surface area contributed by atoms with E-state index in [1.807, 2.05) is 17.7 Å². The topological polar surface area (TPSA) is 26.0 Å². The molecule has 2 rings (SSSR count). The minimum Gasteiger partial charge on any atom is -0.320 e. The van der Waals surface area contributed by atoms with Gasteiger partial charge < -0.3 is 5.73 Å². The summed E-state index contributed by atoms with van der Waals surface area (Å²) in [6.07, 6.45) is 0. The first kappa shape index (κ1) is 12.7. The zero-order valence-corrected chi connectivity index (χ0v) is 11.4. The fraction of sp³-hybridized carbons (Fsp3) is 0.167. The van der Waals surface area contributed by atoms with Gasteiger partial charge in [-0.3, -0.25) is 0 Å². The van der Waals surface area contributed by atoms with Gasteiger partial charge in [0.2, 0.25) is 0 Å². The number of hydrogen-bond donors (Lipinski definition) is 1. The third-order valence-corrected chi connectivity index (χ3v) is 4.11. The highest BCUT2D eigenvalue weighted by atomic mass is 79.9. The largest absolute Gasteiger partial charge is 0.320 e. The molecule has 0 bridgehead atoms. The van der Waals surface area contributed by atoms with Crippen LogP contribution < -0.4 is 5.73 Å². The fourth-order valence-corrected chi connectivity index (χ4v) is 2.91. The second kappa shape index (κ2) is 4.84. The summed E-state index contributed by atoms with van der Waals surface area (Å²) >= 11 is 4.50. The van der Waals surface area contributed by atoms with Gasteiger partial charge in [0.1, 0.15) is 11.6 Å². The quantitative estimate of drug-likeness (QED) is 0.827. The zero-order chi connectivity index (χ0) is 12.6. The fourth-order valence-electron chi connectivity index (χ4n) is 1.67. The number of nitrogens with two attached hydrogens (primary N) is 1. The van der Waals surface area contributed by atoms with Crippen molar-refractivity contribution in [3.8, 4) is 0 Å². The Morgan fingerprint density at radius 3 is 2.59 bits per heavy atom. The van der Waals surface area contributed by atoms with Gasteiger partial charge in [0, 0.05) is 5.56 Å². The first-order chi connectivity index (χ1) is 8.02. The molecule has 0 fully saturated rings. The number of rotatable bonds is 2. The second-order valence-electron chi connectivity index (χ2n) is 3.74.